The zero-order chi connectivity index (χ0) is 24.8. The highest BCUT2D eigenvalue weighted by molar-refractivity contribution is 5.96. The first kappa shape index (κ1) is 31.0. The normalized spacial score (nSPS) is 23.3. The number of carbonyl (C=O) groups is 1. The van der Waals surface area contributed by atoms with Crippen molar-refractivity contribution in [3.63, 3.8) is 0 Å². The van der Waals surface area contributed by atoms with E-state index in [-0.39, 0.29) is 67.4 Å². The van der Waals surface area contributed by atoms with Crippen LogP contribution >= 0.6 is 24.8 Å². The molecule has 12 heteroatoms. The molecule has 4 rings (SSSR count). The summed E-state index contributed by atoms with van der Waals surface area (Å²) in [6.07, 6.45) is 7.57. The number of nitrogens with zero attached hydrogens (tertiary/aromatic N) is 2. The molecule has 0 aliphatic heterocycles. The average molecular weight is 560 g/mol. The van der Waals surface area contributed by atoms with Crippen LogP contribution in [0, 0.1) is 11.2 Å². The maximum atomic E-state index is 14.1. The van der Waals surface area contributed by atoms with E-state index in [0.29, 0.717) is 22.6 Å². The number of amidine groups is 1. The highest BCUT2D eigenvalue weighted by atomic mass is 35.5. The summed E-state index contributed by atoms with van der Waals surface area (Å²) >= 11 is 0. The maximum absolute atomic E-state index is 14.1. The Kier molecular flexibility index (Phi) is 12.2. The second-order valence-corrected chi connectivity index (χ2v) is 9.44. The Morgan fingerprint density at radius 1 is 1.03 bits per heavy atom. The fourth-order valence-electron chi connectivity index (χ4n) is 5.07. The van der Waals surface area contributed by atoms with Crippen LogP contribution in [0.3, 0.4) is 0 Å². The summed E-state index contributed by atoms with van der Waals surface area (Å²) in [6, 6.07) is 4.31. The van der Waals surface area contributed by atoms with E-state index in [9.17, 15) is 9.18 Å². The minimum Gasteiger partial charge on any atom is -0.381 e. The van der Waals surface area contributed by atoms with Gasteiger partial charge in [0, 0.05) is 37.7 Å². The van der Waals surface area contributed by atoms with E-state index in [2.05, 4.69) is 25.9 Å². The Balaban J connectivity index is 0.00000241. The van der Waals surface area contributed by atoms with Crippen molar-refractivity contribution in [1.82, 2.24) is 20.6 Å². The summed E-state index contributed by atoms with van der Waals surface area (Å²) in [4.78, 5) is 22.1. The SMILES string of the molecule is COCC(=N)N[C@@H]1CCCC[C@@H]1Nc1nc(C(=O)NC2CCC(OC)CC2)nc2ccc(F)cc12.Cl.Cl. The fraction of sp³-hybridized carbons (Fsp3) is 0.600. The van der Waals surface area contributed by atoms with Crippen molar-refractivity contribution >= 4 is 53.3 Å². The van der Waals surface area contributed by atoms with E-state index in [4.69, 9.17) is 14.9 Å². The van der Waals surface area contributed by atoms with Gasteiger partial charge >= 0.3 is 0 Å². The van der Waals surface area contributed by atoms with Crippen LogP contribution in [0.4, 0.5) is 10.2 Å². The monoisotopic (exact) mass is 558 g/mol. The number of halogens is 3. The topological polar surface area (TPSA) is 121 Å². The lowest BCUT2D eigenvalue weighted by molar-refractivity contribution is 0.0597. The number of aromatic nitrogens is 2. The van der Waals surface area contributed by atoms with Gasteiger partial charge in [-0.15, -0.1) is 24.8 Å². The number of rotatable bonds is 8. The van der Waals surface area contributed by atoms with Crippen molar-refractivity contribution in [3.8, 4) is 0 Å². The van der Waals surface area contributed by atoms with Crippen LogP contribution in [-0.2, 0) is 9.47 Å². The van der Waals surface area contributed by atoms with Gasteiger partial charge in [-0.25, -0.2) is 14.4 Å². The van der Waals surface area contributed by atoms with Gasteiger partial charge in [0.15, 0.2) is 0 Å². The third-order valence-electron chi connectivity index (χ3n) is 6.94. The molecule has 2 aromatic rings. The molecule has 1 amide bonds. The number of benzene rings is 1. The maximum Gasteiger partial charge on any atom is 0.289 e. The van der Waals surface area contributed by atoms with E-state index in [1.165, 1.54) is 12.1 Å². The molecule has 37 heavy (non-hydrogen) atoms. The van der Waals surface area contributed by atoms with Crippen molar-refractivity contribution in [1.29, 1.82) is 5.41 Å². The Labute approximate surface area is 229 Å². The summed E-state index contributed by atoms with van der Waals surface area (Å²) in [6.45, 7) is 0.210. The molecule has 2 aliphatic rings. The second kappa shape index (κ2) is 14.6. The summed E-state index contributed by atoms with van der Waals surface area (Å²) in [5.41, 5.74) is 0.504. The summed E-state index contributed by atoms with van der Waals surface area (Å²) in [5, 5.41) is 18.4. The van der Waals surface area contributed by atoms with Gasteiger partial charge in [0.05, 0.1) is 11.6 Å². The molecule has 9 nitrogen and oxygen atoms in total. The molecule has 0 radical (unpaired) electrons. The van der Waals surface area contributed by atoms with Crippen LogP contribution in [0.5, 0.6) is 0 Å². The van der Waals surface area contributed by atoms with E-state index in [1.807, 2.05) is 0 Å². The quantitative estimate of drug-likeness (QED) is 0.282. The number of amides is 1. The Bertz CT molecular complexity index is 1050. The van der Waals surface area contributed by atoms with Crippen molar-refractivity contribution in [2.75, 3.05) is 26.1 Å². The molecular weight excluding hydrogens is 522 g/mol. The van der Waals surface area contributed by atoms with Crippen LogP contribution in [0.2, 0.25) is 0 Å². The van der Waals surface area contributed by atoms with Crippen LogP contribution in [-0.4, -0.2) is 66.8 Å². The number of carbonyl (C=O) groups excluding carboxylic acids is 1. The lowest BCUT2D eigenvalue weighted by Crippen LogP contribution is -2.49. The molecule has 1 aromatic carbocycles. The molecule has 0 bridgehead atoms. The molecular formula is C25H37Cl2FN6O3. The van der Waals surface area contributed by atoms with Crippen molar-refractivity contribution < 1.29 is 18.7 Å². The number of fused-ring (bicyclic) bond motifs is 1. The van der Waals surface area contributed by atoms with Crippen LogP contribution < -0.4 is 16.0 Å². The van der Waals surface area contributed by atoms with Crippen LogP contribution in [0.1, 0.15) is 62.0 Å². The van der Waals surface area contributed by atoms with E-state index < -0.39 is 5.82 Å². The molecule has 2 atom stereocenters. The van der Waals surface area contributed by atoms with Crippen LogP contribution in [0.15, 0.2) is 18.2 Å². The first-order chi connectivity index (χ1) is 17.0. The lowest BCUT2D eigenvalue weighted by atomic mass is 9.90. The highest BCUT2D eigenvalue weighted by Gasteiger charge is 2.28. The van der Waals surface area contributed by atoms with Gasteiger partial charge in [-0.3, -0.25) is 10.2 Å². The Hall–Kier alpha value is -2.27. The van der Waals surface area contributed by atoms with Crippen molar-refractivity contribution in [2.45, 2.75) is 75.6 Å². The molecule has 0 saturated heterocycles. The largest absolute Gasteiger partial charge is 0.381 e. The fourth-order valence-corrected chi connectivity index (χ4v) is 5.07. The number of ether oxygens (including phenoxy) is 2. The van der Waals surface area contributed by atoms with Crippen molar-refractivity contribution in [3.05, 3.63) is 29.8 Å². The molecule has 2 aliphatic carbocycles. The Morgan fingerprint density at radius 2 is 1.73 bits per heavy atom. The average Bonchev–Trinajstić information content (AvgIpc) is 2.86. The predicted molar refractivity (Wildman–Crippen MR) is 147 cm³/mol. The third-order valence-corrected chi connectivity index (χ3v) is 6.94. The Morgan fingerprint density at radius 3 is 2.41 bits per heavy atom. The summed E-state index contributed by atoms with van der Waals surface area (Å²) in [5.74, 6) is 0.0810. The van der Waals surface area contributed by atoms with Gasteiger partial charge in [-0.2, -0.15) is 0 Å². The number of hydrogen-bond donors (Lipinski definition) is 4. The molecule has 2 saturated carbocycles. The first-order valence-electron chi connectivity index (χ1n) is 12.4. The van der Waals surface area contributed by atoms with Crippen molar-refractivity contribution in [2.24, 2.45) is 0 Å². The van der Waals surface area contributed by atoms with Crippen LogP contribution in [0.25, 0.3) is 10.9 Å². The minimum atomic E-state index is -0.392. The number of methoxy groups -OCH3 is 2. The van der Waals surface area contributed by atoms with Gasteiger partial charge in [-0.1, -0.05) is 12.8 Å². The van der Waals surface area contributed by atoms with Gasteiger partial charge in [0.1, 0.15) is 24.1 Å². The second-order valence-electron chi connectivity index (χ2n) is 9.44. The molecule has 0 spiro atoms. The van der Waals surface area contributed by atoms with Gasteiger partial charge in [0.25, 0.3) is 5.91 Å². The van der Waals surface area contributed by atoms with E-state index in [1.54, 1.807) is 20.3 Å². The molecule has 1 aromatic heterocycles. The third kappa shape index (κ3) is 8.10. The zero-order valence-electron chi connectivity index (χ0n) is 21.2. The molecule has 4 N–H and O–H groups in total. The van der Waals surface area contributed by atoms with E-state index in [0.717, 1.165) is 51.4 Å². The zero-order valence-corrected chi connectivity index (χ0v) is 22.9. The smallest absolute Gasteiger partial charge is 0.289 e. The predicted octanol–water partition coefficient (Wildman–Crippen LogP) is 4.24. The molecule has 206 valence electrons. The number of nitrogens with one attached hydrogen (secondary N) is 4. The molecule has 0 unspecified atom stereocenters. The van der Waals surface area contributed by atoms with Gasteiger partial charge in [-0.05, 0) is 56.7 Å². The minimum absolute atomic E-state index is 0. The summed E-state index contributed by atoms with van der Waals surface area (Å²) in [7, 11) is 3.28. The molecule has 1 heterocycles. The highest BCUT2D eigenvalue weighted by Crippen LogP contribution is 2.27. The van der Waals surface area contributed by atoms with E-state index >= 15 is 0 Å². The van der Waals surface area contributed by atoms with Gasteiger partial charge in [0.2, 0.25) is 5.82 Å². The molecule has 2 fully saturated rings. The first-order valence-corrected chi connectivity index (χ1v) is 12.4. The standard InChI is InChI=1S/C25H35FN6O3.2ClH/c1-34-14-22(27)29-20-5-3-4-6-21(20)31-23-18-13-15(26)7-12-19(18)30-24(32-23)25(33)28-16-8-10-17(35-2)11-9-16;;/h7,12-13,16-17,20-21H,3-6,8-11,14H2,1-2H3,(H2,27,29)(H,28,33)(H,30,31,32);2*1H/t16?,17?,20-,21+;;/m1../s1. The summed E-state index contributed by atoms with van der Waals surface area (Å²) < 4.78 is 24.6. The van der Waals surface area contributed by atoms with Gasteiger partial charge < -0.3 is 25.4 Å². The number of hydrogen-bond acceptors (Lipinski definition) is 7. The number of anilines is 1. The lowest BCUT2D eigenvalue weighted by Gasteiger charge is -2.34.